The number of hydrogen-bond donors (Lipinski definition) is 1. The van der Waals surface area contributed by atoms with Crippen molar-refractivity contribution >= 4 is 0 Å². The Morgan fingerprint density at radius 1 is 1.18 bits per heavy atom. The molecule has 0 bridgehead atoms. The smallest absolute Gasteiger partial charge is 0.0210 e. The molecule has 1 aromatic carbocycles. The maximum Gasteiger partial charge on any atom is 0.0210 e. The second-order valence-electron chi connectivity index (χ2n) is 5.34. The second kappa shape index (κ2) is 6.20. The average Bonchev–Trinajstić information content (AvgIpc) is 2.90. The average molecular weight is 231 g/mol. The maximum atomic E-state index is 3.72. The minimum Gasteiger partial charge on any atom is -0.310 e. The van der Waals surface area contributed by atoms with Crippen LogP contribution >= 0.6 is 0 Å². The monoisotopic (exact) mass is 231 g/mol. The first kappa shape index (κ1) is 12.6. The fourth-order valence-electron chi connectivity index (χ4n) is 2.97. The zero-order valence-corrected chi connectivity index (χ0v) is 11.2. The van der Waals surface area contributed by atoms with Crippen molar-refractivity contribution in [2.45, 2.75) is 58.5 Å². The lowest BCUT2D eigenvalue weighted by Crippen LogP contribution is -2.32. The second-order valence-corrected chi connectivity index (χ2v) is 5.34. The largest absolute Gasteiger partial charge is 0.310 e. The van der Waals surface area contributed by atoms with Gasteiger partial charge in [-0.1, -0.05) is 44.0 Å². The van der Waals surface area contributed by atoms with Gasteiger partial charge in [-0.3, -0.25) is 0 Å². The molecule has 0 heterocycles. The summed E-state index contributed by atoms with van der Waals surface area (Å²) < 4.78 is 0. The van der Waals surface area contributed by atoms with Gasteiger partial charge in [0.05, 0.1) is 0 Å². The molecular formula is C16H25N. The van der Waals surface area contributed by atoms with Crippen LogP contribution in [0.5, 0.6) is 0 Å². The number of nitrogens with one attached hydrogen (secondary N) is 1. The summed E-state index contributed by atoms with van der Waals surface area (Å²) in [5, 5.41) is 3.72. The molecule has 94 valence electrons. The van der Waals surface area contributed by atoms with Gasteiger partial charge in [0.2, 0.25) is 0 Å². The van der Waals surface area contributed by atoms with E-state index in [1.807, 2.05) is 0 Å². The van der Waals surface area contributed by atoms with Crippen molar-refractivity contribution in [1.29, 1.82) is 0 Å². The normalized spacial score (nSPS) is 18.5. The molecule has 0 unspecified atom stereocenters. The molecule has 1 atom stereocenters. The van der Waals surface area contributed by atoms with Gasteiger partial charge < -0.3 is 5.32 Å². The lowest BCUT2D eigenvalue weighted by Gasteiger charge is -2.21. The van der Waals surface area contributed by atoms with E-state index in [0.29, 0.717) is 6.04 Å². The Labute approximate surface area is 106 Å². The summed E-state index contributed by atoms with van der Waals surface area (Å²) in [5.74, 6) is 0.906. The first-order chi connectivity index (χ1) is 8.31. The zero-order chi connectivity index (χ0) is 12.1. The van der Waals surface area contributed by atoms with Crippen LogP contribution in [0.1, 0.15) is 50.7 Å². The topological polar surface area (TPSA) is 12.0 Å². The van der Waals surface area contributed by atoms with Crippen LogP contribution in [-0.4, -0.2) is 6.04 Å². The van der Waals surface area contributed by atoms with Crippen LogP contribution in [0.15, 0.2) is 24.3 Å². The SMILES string of the molecule is CCc1ccccc1CN[C@@H](C)C1CCCC1. The summed E-state index contributed by atoms with van der Waals surface area (Å²) in [6.45, 7) is 5.62. The van der Waals surface area contributed by atoms with E-state index in [1.165, 1.54) is 36.8 Å². The minimum atomic E-state index is 0.669. The van der Waals surface area contributed by atoms with Crippen molar-refractivity contribution in [2.24, 2.45) is 5.92 Å². The highest BCUT2D eigenvalue weighted by Gasteiger charge is 2.20. The van der Waals surface area contributed by atoms with Gasteiger partial charge in [-0.2, -0.15) is 0 Å². The quantitative estimate of drug-likeness (QED) is 0.810. The fraction of sp³-hybridized carbons (Fsp3) is 0.625. The first-order valence-corrected chi connectivity index (χ1v) is 7.11. The van der Waals surface area contributed by atoms with Crippen molar-refractivity contribution in [2.75, 3.05) is 0 Å². The Hall–Kier alpha value is -0.820. The van der Waals surface area contributed by atoms with Crippen LogP contribution in [0.3, 0.4) is 0 Å². The number of benzene rings is 1. The standard InChI is InChI=1S/C16H25N/c1-3-14-8-4-7-11-16(14)12-17-13(2)15-9-5-6-10-15/h4,7-8,11,13,15,17H,3,5-6,9-10,12H2,1-2H3/t13-/m0/s1. The molecule has 0 aromatic heterocycles. The predicted octanol–water partition coefficient (Wildman–Crippen LogP) is 3.92. The predicted molar refractivity (Wildman–Crippen MR) is 74.1 cm³/mol. The molecule has 1 aliphatic rings. The van der Waals surface area contributed by atoms with Gasteiger partial charge in [0.15, 0.2) is 0 Å². The van der Waals surface area contributed by atoms with Crippen molar-refractivity contribution in [3.8, 4) is 0 Å². The van der Waals surface area contributed by atoms with E-state index in [1.54, 1.807) is 0 Å². The van der Waals surface area contributed by atoms with Gasteiger partial charge in [0.1, 0.15) is 0 Å². The molecule has 0 spiro atoms. The lowest BCUT2D eigenvalue weighted by atomic mass is 9.99. The van der Waals surface area contributed by atoms with Crippen LogP contribution in [0.2, 0.25) is 0 Å². The molecule has 1 heteroatoms. The summed E-state index contributed by atoms with van der Waals surface area (Å²) >= 11 is 0. The summed E-state index contributed by atoms with van der Waals surface area (Å²) in [6, 6.07) is 9.46. The van der Waals surface area contributed by atoms with E-state index in [2.05, 4.69) is 43.4 Å². The van der Waals surface area contributed by atoms with Crippen molar-refractivity contribution < 1.29 is 0 Å². The van der Waals surface area contributed by atoms with Gasteiger partial charge >= 0.3 is 0 Å². The van der Waals surface area contributed by atoms with E-state index in [0.717, 1.165) is 18.9 Å². The third-order valence-corrected chi connectivity index (χ3v) is 4.22. The highest BCUT2D eigenvalue weighted by molar-refractivity contribution is 5.26. The Bertz CT molecular complexity index is 339. The highest BCUT2D eigenvalue weighted by atomic mass is 14.9. The molecule has 0 radical (unpaired) electrons. The molecule has 0 amide bonds. The number of hydrogen-bond acceptors (Lipinski definition) is 1. The van der Waals surface area contributed by atoms with Crippen LogP contribution < -0.4 is 5.32 Å². The third-order valence-electron chi connectivity index (χ3n) is 4.22. The molecule has 0 aliphatic heterocycles. The van der Waals surface area contributed by atoms with E-state index < -0.39 is 0 Å². The van der Waals surface area contributed by atoms with Crippen molar-refractivity contribution in [3.63, 3.8) is 0 Å². The van der Waals surface area contributed by atoms with E-state index in [-0.39, 0.29) is 0 Å². The molecular weight excluding hydrogens is 206 g/mol. The Morgan fingerprint density at radius 2 is 1.82 bits per heavy atom. The number of aryl methyl sites for hydroxylation is 1. The Balaban J connectivity index is 1.88. The molecule has 2 rings (SSSR count). The van der Waals surface area contributed by atoms with Gasteiger partial charge in [-0.25, -0.2) is 0 Å². The summed E-state index contributed by atoms with van der Waals surface area (Å²) in [4.78, 5) is 0. The van der Waals surface area contributed by atoms with E-state index in [9.17, 15) is 0 Å². The van der Waals surface area contributed by atoms with Crippen LogP contribution in [0.4, 0.5) is 0 Å². The van der Waals surface area contributed by atoms with E-state index in [4.69, 9.17) is 0 Å². The van der Waals surface area contributed by atoms with Crippen molar-refractivity contribution in [1.82, 2.24) is 5.32 Å². The van der Waals surface area contributed by atoms with Gasteiger partial charge in [-0.15, -0.1) is 0 Å². The molecule has 17 heavy (non-hydrogen) atoms. The lowest BCUT2D eigenvalue weighted by molar-refractivity contribution is 0.380. The van der Waals surface area contributed by atoms with Gasteiger partial charge in [0.25, 0.3) is 0 Å². The fourth-order valence-corrected chi connectivity index (χ4v) is 2.97. The van der Waals surface area contributed by atoms with Crippen LogP contribution in [-0.2, 0) is 13.0 Å². The van der Waals surface area contributed by atoms with Crippen molar-refractivity contribution in [3.05, 3.63) is 35.4 Å². The Kier molecular flexibility index (Phi) is 4.61. The van der Waals surface area contributed by atoms with Crippen LogP contribution in [0.25, 0.3) is 0 Å². The molecule has 1 aliphatic carbocycles. The van der Waals surface area contributed by atoms with Crippen LogP contribution in [0, 0.1) is 5.92 Å². The summed E-state index contributed by atoms with van der Waals surface area (Å²) in [5.41, 5.74) is 2.96. The van der Waals surface area contributed by atoms with E-state index >= 15 is 0 Å². The number of rotatable bonds is 5. The first-order valence-electron chi connectivity index (χ1n) is 7.11. The third kappa shape index (κ3) is 3.32. The minimum absolute atomic E-state index is 0.669. The van der Waals surface area contributed by atoms with Gasteiger partial charge in [0, 0.05) is 12.6 Å². The summed E-state index contributed by atoms with van der Waals surface area (Å²) in [7, 11) is 0. The van der Waals surface area contributed by atoms with Gasteiger partial charge in [-0.05, 0) is 43.2 Å². The summed E-state index contributed by atoms with van der Waals surface area (Å²) in [6.07, 6.45) is 6.84. The Morgan fingerprint density at radius 3 is 2.47 bits per heavy atom. The molecule has 1 fully saturated rings. The molecule has 1 nitrogen and oxygen atoms in total. The molecule has 0 saturated heterocycles. The zero-order valence-electron chi connectivity index (χ0n) is 11.2. The maximum absolute atomic E-state index is 3.72. The highest BCUT2D eigenvalue weighted by Crippen LogP contribution is 2.27. The molecule has 1 N–H and O–H groups in total. The molecule has 1 saturated carbocycles. The molecule has 1 aromatic rings.